The SMILES string of the molecule is COc1ccc(CC(=O)O)cc1-c1ccc(C(F)(F)F)cc1CNC(=O)N1CCCC1. The van der Waals surface area contributed by atoms with Gasteiger partial charge in [0, 0.05) is 25.2 Å². The second-order valence-electron chi connectivity index (χ2n) is 7.33. The Balaban J connectivity index is 2.00. The van der Waals surface area contributed by atoms with Crippen molar-refractivity contribution in [1.29, 1.82) is 0 Å². The fourth-order valence-corrected chi connectivity index (χ4v) is 3.63. The number of rotatable bonds is 6. The van der Waals surface area contributed by atoms with Crippen LogP contribution < -0.4 is 10.1 Å². The number of hydrogen-bond acceptors (Lipinski definition) is 3. The number of alkyl halides is 3. The van der Waals surface area contributed by atoms with Gasteiger partial charge in [-0.2, -0.15) is 13.2 Å². The fraction of sp³-hybridized carbons (Fsp3) is 0.364. The number of methoxy groups -OCH3 is 1. The van der Waals surface area contributed by atoms with Crippen molar-refractivity contribution in [2.24, 2.45) is 0 Å². The van der Waals surface area contributed by atoms with Crippen LogP contribution in [0, 0.1) is 0 Å². The van der Waals surface area contributed by atoms with Crippen molar-refractivity contribution in [3.63, 3.8) is 0 Å². The maximum atomic E-state index is 13.3. The Hall–Kier alpha value is -3.23. The van der Waals surface area contributed by atoms with Gasteiger partial charge < -0.3 is 20.1 Å². The number of ether oxygens (including phenoxy) is 1. The zero-order chi connectivity index (χ0) is 22.6. The predicted molar refractivity (Wildman–Crippen MR) is 108 cm³/mol. The van der Waals surface area contributed by atoms with Crippen LogP contribution in [0.5, 0.6) is 5.75 Å². The molecular weight excluding hydrogens is 413 g/mol. The fourth-order valence-electron chi connectivity index (χ4n) is 3.63. The number of nitrogens with zero attached hydrogens (tertiary/aromatic N) is 1. The molecule has 166 valence electrons. The maximum absolute atomic E-state index is 13.3. The Labute approximate surface area is 177 Å². The van der Waals surface area contributed by atoms with Crippen LogP contribution in [-0.4, -0.2) is 42.2 Å². The summed E-state index contributed by atoms with van der Waals surface area (Å²) in [6, 6.07) is 7.72. The van der Waals surface area contributed by atoms with Gasteiger partial charge in [-0.3, -0.25) is 4.79 Å². The zero-order valence-electron chi connectivity index (χ0n) is 17.0. The molecule has 0 spiro atoms. The van der Waals surface area contributed by atoms with E-state index < -0.39 is 17.7 Å². The number of carbonyl (C=O) groups is 2. The normalized spacial score (nSPS) is 13.9. The largest absolute Gasteiger partial charge is 0.496 e. The van der Waals surface area contributed by atoms with Crippen molar-refractivity contribution in [1.82, 2.24) is 10.2 Å². The number of halogens is 3. The molecule has 1 aliphatic rings. The van der Waals surface area contributed by atoms with Gasteiger partial charge in [-0.1, -0.05) is 12.1 Å². The van der Waals surface area contributed by atoms with Gasteiger partial charge in [0.05, 0.1) is 19.1 Å². The summed E-state index contributed by atoms with van der Waals surface area (Å²) in [7, 11) is 1.43. The minimum atomic E-state index is -4.54. The Bertz CT molecular complexity index is 970. The minimum Gasteiger partial charge on any atom is -0.496 e. The van der Waals surface area contributed by atoms with Gasteiger partial charge in [0.2, 0.25) is 0 Å². The first-order valence-corrected chi connectivity index (χ1v) is 9.81. The molecule has 2 aromatic rings. The van der Waals surface area contributed by atoms with Crippen molar-refractivity contribution >= 4 is 12.0 Å². The van der Waals surface area contributed by atoms with Gasteiger partial charge in [-0.05, 0) is 53.8 Å². The van der Waals surface area contributed by atoms with E-state index in [2.05, 4.69) is 5.32 Å². The summed E-state index contributed by atoms with van der Waals surface area (Å²) in [6.07, 6.45) is -2.98. The summed E-state index contributed by atoms with van der Waals surface area (Å²) in [5.74, 6) is -0.636. The van der Waals surface area contributed by atoms with E-state index in [-0.39, 0.29) is 24.6 Å². The van der Waals surface area contributed by atoms with Crippen LogP contribution in [0.15, 0.2) is 36.4 Å². The molecule has 0 unspecified atom stereocenters. The standard InChI is InChI=1S/C22H23F3N2O4/c1-31-19-7-4-14(11-20(28)29)10-18(19)17-6-5-16(22(23,24)25)12-15(17)13-26-21(30)27-8-2-3-9-27/h4-7,10,12H,2-3,8-9,11,13H2,1H3,(H,26,30)(H,28,29). The summed E-state index contributed by atoms with van der Waals surface area (Å²) in [4.78, 5) is 25.1. The lowest BCUT2D eigenvalue weighted by molar-refractivity contribution is -0.138. The van der Waals surface area contributed by atoms with Crippen molar-refractivity contribution in [2.45, 2.75) is 32.0 Å². The second-order valence-corrected chi connectivity index (χ2v) is 7.33. The quantitative estimate of drug-likeness (QED) is 0.707. The highest BCUT2D eigenvalue weighted by Gasteiger charge is 2.31. The highest BCUT2D eigenvalue weighted by Crippen LogP contribution is 2.37. The molecule has 31 heavy (non-hydrogen) atoms. The summed E-state index contributed by atoms with van der Waals surface area (Å²) >= 11 is 0. The van der Waals surface area contributed by atoms with Crippen LogP contribution in [0.3, 0.4) is 0 Å². The Morgan fingerprint density at radius 3 is 2.42 bits per heavy atom. The highest BCUT2D eigenvalue weighted by atomic mass is 19.4. The molecule has 0 saturated carbocycles. The van der Waals surface area contributed by atoms with Gasteiger partial charge in [-0.25, -0.2) is 4.79 Å². The summed E-state index contributed by atoms with van der Waals surface area (Å²) in [5.41, 5.74) is 0.796. The topological polar surface area (TPSA) is 78.9 Å². The molecule has 2 N–H and O–H groups in total. The monoisotopic (exact) mass is 436 g/mol. The first-order valence-electron chi connectivity index (χ1n) is 9.81. The molecular formula is C22H23F3N2O4. The van der Waals surface area contributed by atoms with Crippen LogP contribution in [0.2, 0.25) is 0 Å². The lowest BCUT2D eigenvalue weighted by Gasteiger charge is -2.19. The van der Waals surface area contributed by atoms with Crippen molar-refractivity contribution in [3.05, 3.63) is 53.1 Å². The first-order chi connectivity index (χ1) is 14.7. The lowest BCUT2D eigenvalue weighted by atomic mass is 9.94. The summed E-state index contributed by atoms with van der Waals surface area (Å²) in [6.45, 7) is 1.12. The minimum absolute atomic E-state index is 0.110. The van der Waals surface area contributed by atoms with E-state index >= 15 is 0 Å². The molecule has 3 rings (SSSR count). The average molecular weight is 436 g/mol. The van der Waals surface area contributed by atoms with Crippen LogP contribution in [-0.2, 0) is 23.9 Å². The highest BCUT2D eigenvalue weighted by molar-refractivity contribution is 5.78. The number of carboxylic acids is 1. The Morgan fingerprint density at radius 2 is 1.81 bits per heavy atom. The van der Waals surface area contributed by atoms with Crippen molar-refractivity contribution in [2.75, 3.05) is 20.2 Å². The van der Waals surface area contributed by atoms with Gasteiger partial charge in [-0.15, -0.1) is 0 Å². The van der Waals surface area contributed by atoms with E-state index in [9.17, 15) is 22.8 Å². The van der Waals surface area contributed by atoms with Crippen LogP contribution in [0.4, 0.5) is 18.0 Å². The zero-order valence-corrected chi connectivity index (χ0v) is 17.0. The molecule has 2 aromatic carbocycles. The molecule has 1 aliphatic heterocycles. The first kappa shape index (κ1) is 22.5. The Kier molecular flexibility index (Phi) is 6.72. The van der Waals surface area contributed by atoms with E-state index in [1.165, 1.54) is 13.2 Å². The molecule has 0 bridgehead atoms. The predicted octanol–water partition coefficient (Wildman–Crippen LogP) is 4.31. The molecule has 0 aromatic heterocycles. The summed E-state index contributed by atoms with van der Waals surface area (Å²) in [5, 5.41) is 11.8. The number of benzene rings is 2. The molecule has 9 heteroatoms. The number of urea groups is 1. The van der Waals surface area contributed by atoms with Crippen molar-refractivity contribution in [3.8, 4) is 16.9 Å². The molecule has 0 aliphatic carbocycles. The third kappa shape index (κ3) is 5.48. The van der Waals surface area contributed by atoms with Gasteiger partial charge in [0.25, 0.3) is 0 Å². The maximum Gasteiger partial charge on any atom is 0.416 e. The van der Waals surface area contributed by atoms with E-state index in [1.807, 2.05) is 0 Å². The van der Waals surface area contributed by atoms with Crippen LogP contribution in [0.25, 0.3) is 11.1 Å². The van der Waals surface area contributed by atoms with E-state index in [4.69, 9.17) is 9.84 Å². The number of amides is 2. The number of hydrogen-bond donors (Lipinski definition) is 2. The molecule has 0 atom stereocenters. The van der Waals surface area contributed by atoms with Gasteiger partial charge in [0.15, 0.2) is 0 Å². The second kappa shape index (κ2) is 9.28. The number of nitrogens with one attached hydrogen (secondary N) is 1. The average Bonchev–Trinajstić information content (AvgIpc) is 3.25. The number of carbonyl (C=O) groups excluding carboxylic acids is 1. The smallest absolute Gasteiger partial charge is 0.416 e. The molecule has 2 amide bonds. The van der Waals surface area contributed by atoms with E-state index in [1.54, 1.807) is 23.1 Å². The molecule has 1 heterocycles. The van der Waals surface area contributed by atoms with Crippen LogP contribution in [0.1, 0.15) is 29.5 Å². The molecule has 0 radical (unpaired) electrons. The van der Waals surface area contributed by atoms with Crippen LogP contribution >= 0.6 is 0 Å². The van der Waals surface area contributed by atoms with Crippen molar-refractivity contribution < 1.29 is 32.6 Å². The number of carboxylic acid groups (broad SMARTS) is 1. The van der Waals surface area contributed by atoms with Gasteiger partial charge in [0.1, 0.15) is 5.75 Å². The van der Waals surface area contributed by atoms with E-state index in [0.29, 0.717) is 35.5 Å². The Morgan fingerprint density at radius 1 is 1.10 bits per heavy atom. The number of aliphatic carboxylic acids is 1. The summed E-state index contributed by atoms with van der Waals surface area (Å²) < 4.78 is 45.3. The molecule has 1 saturated heterocycles. The van der Waals surface area contributed by atoms with E-state index in [0.717, 1.165) is 25.0 Å². The molecule has 6 nitrogen and oxygen atoms in total. The third-order valence-corrected chi connectivity index (χ3v) is 5.17. The number of likely N-dealkylation sites (tertiary alicyclic amines) is 1. The molecule has 1 fully saturated rings. The van der Waals surface area contributed by atoms with Gasteiger partial charge >= 0.3 is 18.2 Å². The lowest BCUT2D eigenvalue weighted by Crippen LogP contribution is -2.37. The third-order valence-electron chi connectivity index (χ3n) is 5.17.